The second-order valence-corrected chi connectivity index (χ2v) is 3.76. The maximum Gasteiger partial charge on any atom is 0.345 e. The van der Waals surface area contributed by atoms with Crippen molar-refractivity contribution in [2.75, 3.05) is 0 Å². The number of H-pyrrole nitrogens is 1. The minimum atomic E-state index is -0.310. The summed E-state index contributed by atoms with van der Waals surface area (Å²) in [5, 5.41) is 0. The molecular weight excluding hydrogens is 178 g/mol. The molecular formula is C10H17N3O. The number of hydrogen-bond acceptors (Lipinski definition) is 3. The summed E-state index contributed by atoms with van der Waals surface area (Å²) >= 11 is 0. The molecule has 0 bridgehead atoms. The molecule has 1 rings (SSSR count). The number of aromatic amines is 1. The van der Waals surface area contributed by atoms with E-state index >= 15 is 0 Å². The van der Waals surface area contributed by atoms with E-state index in [0.29, 0.717) is 5.69 Å². The van der Waals surface area contributed by atoms with Crippen LogP contribution in [0.15, 0.2) is 10.9 Å². The number of nitrogens with one attached hydrogen (secondary N) is 1. The van der Waals surface area contributed by atoms with Crippen LogP contribution in [-0.2, 0) is 6.42 Å². The number of nitrogens with two attached hydrogens (primary N) is 1. The third kappa shape index (κ3) is 2.42. The van der Waals surface area contributed by atoms with Crippen LogP contribution < -0.4 is 11.4 Å². The van der Waals surface area contributed by atoms with E-state index in [1.807, 2.05) is 26.8 Å². The molecule has 0 saturated carbocycles. The monoisotopic (exact) mass is 195 g/mol. The third-order valence-corrected chi connectivity index (χ3v) is 2.26. The SMILES string of the molecule is CCc1cc(C(N)C(C)C)nc(=O)[nH]1. The molecule has 0 fully saturated rings. The first-order valence-corrected chi connectivity index (χ1v) is 4.90. The van der Waals surface area contributed by atoms with Crippen LogP contribution in [0.4, 0.5) is 0 Å². The van der Waals surface area contributed by atoms with Crippen molar-refractivity contribution in [1.29, 1.82) is 0 Å². The molecule has 14 heavy (non-hydrogen) atoms. The molecule has 0 spiro atoms. The van der Waals surface area contributed by atoms with Gasteiger partial charge in [-0.05, 0) is 18.4 Å². The predicted octanol–water partition coefficient (Wildman–Crippen LogP) is 0.988. The van der Waals surface area contributed by atoms with Crippen LogP contribution in [-0.4, -0.2) is 9.97 Å². The van der Waals surface area contributed by atoms with Gasteiger partial charge in [-0.2, -0.15) is 4.98 Å². The van der Waals surface area contributed by atoms with Crippen molar-refractivity contribution in [2.45, 2.75) is 33.2 Å². The first-order chi connectivity index (χ1) is 6.54. The molecule has 3 N–H and O–H groups in total. The van der Waals surface area contributed by atoms with E-state index in [9.17, 15) is 4.79 Å². The summed E-state index contributed by atoms with van der Waals surface area (Å²) in [7, 11) is 0. The summed E-state index contributed by atoms with van der Waals surface area (Å²) in [6.07, 6.45) is 0.787. The van der Waals surface area contributed by atoms with Gasteiger partial charge in [0, 0.05) is 11.7 Å². The van der Waals surface area contributed by atoms with Crippen molar-refractivity contribution in [1.82, 2.24) is 9.97 Å². The van der Waals surface area contributed by atoms with Crippen LogP contribution in [0.1, 0.15) is 38.2 Å². The van der Waals surface area contributed by atoms with Gasteiger partial charge in [-0.1, -0.05) is 20.8 Å². The van der Waals surface area contributed by atoms with E-state index in [-0.39, 0.29) is 17.6 Å². The van der Waals surface area contributed by atoms with Crippen molar-refractivity contribution in [3.05, 3.63) is 27.9 Å². The molecule has 1 aromatic heterocycles. The smallest absolute Gasteiger partial charge is 0.322 e. The highest BCUT2D eigenvalue weighted by Gasteiger charge is 2.12. The highest BCUT2D eigenvalue weighted by molar-refractivity contribution is 5.12. The first kappa shape index (κ1) is 10.9. The zero-order valence-corrected chi connectivity index (χ0v) is 8.87. The molecule has 0 aliphatic carbocycles. The molecule has 0 saturated heterocycles. The van der Waals surface area contributed by atoms with Crippen molar-refractivity contribution >= 4 is 0 Å². The number of rotatable bonds is 3. The Bertz CT molecular complexity index is 357. The molecule has 4 nitrogen and oxygen atoms in total. The number of aromatic nitrogens is 2. The van der Waals surface area contributed by atoms with Crippen molar-refractivity contribution in [3.63, 3.8) is 0 Å². The fourth-order valence-electron chi connectivity index (χ4n) is 1.23. The van der Waals surface area contributed by atoms with Crippen molar-refractivity contribution in [3.8, 4) is 0 Å². The van der Waals surface area contributed by atoms with Crippen LogP contribution in [0.2, 0.25) is 0 Å². The van der Waals surface area contributed by atoms with E-state index in [1.54, 1.807) is 0 Å². The minimum Gasteiger partial charge on any atom is -0.322 e. The largest absolute Gasteiger partial charge is 0.345 e. The van der Waals surface area contributed by atoms with Crippen LogP contribution in [0.25, 0.3) is 0 Å². The molecule has 0 aromatic carbocycles. The number of aryl methyl sites for hydroxylation is 1. The van der Waals surface area contributed by atoms with E-state index in [4.69, 9.17) is 5.73 Å². The molecule has 0 aliphatic heterocycles. The molecule has 0 amide bonds. The summed E-state index contributed by atoms with van der Waals surface area (Å²) in [5.41, 5.74) is 7.17. The third-order valence-electron chi connectivity index (χ3n) is 2.26. The van der Waals surface area contributed by atoms with E-state index in [0.717, 1.165) is 12.1 Å². The van der Waals surface area contributed by atoms with E-state index < -0.39 is 0 Å². The van der Waals surface area contributed by atoms with Crippen LogP contribution in [0.5, 0.6) is 0 Å². The Labute approximate surface area is 83.6 Å². The van der Waals surface area contributed by atoms with E-state index in [2.05, 4.69) is 9.97 Å². The Morgan fingerprint density at radius 2 is 2.21 bits per heavy atom. The highest BCUT2D eigenvalue weighted by atomic mass is 16.1. The second kappa shape index (κ2) is 4.37. The lowest BCUT2D eigenvalue weighted by atomic mass is 10.0. The van der Waals surface area contributed by atoms with Gasteiger partial charge in [-0.3, -0.25) is 0 Å². The molecule has 1 atom stereocenters. The summed E-state index contributed by atoms with van der Waals surface area (Å²) in [4.78, 5) is 17.7. The van der Waals surface area contributed by atoms with Gasteiger partial charge in [0.2, 0.25) is 0 Å². The van der Waals surface area contributed by atoms with Crippen LogP contribution in [0.3, 0.4) is 0 Å². The zero-order valence-electron chi connectivity index (χ0n) is 8.87. The highest BCUT2D eigenvalue weighted by Crippen LogP contribution is 2.15. The molecule has 4 heteroatoms. The van der Waals surface area contributed by atoms with Crippen molar-refractivity contribution in [2.24, 2.45) is 11.7 Å². The minimum absolute atomic E-state index is 0.164. The molecule has 1 heterocycles. The molecule has 0 radical (unpaired) electrons. The first-order valence-electron chi connectivity index (χ1n) is 4.90. The van der Waals surface area contributed by atoms with Gasteiger partial charge in [0.05, 0.1) is 5.69 Å². The fraction of sp³-hybridized carbons (Fsp3) is 0.600. The summed E-state index contributed by atoms with van der Waals surface area (Å²) in [6, 6.07) is 1.70. The summed E-state index contributed by atoms with van der Waals surface area (Å²) in [5.74, 6) is 0.286. The Kier molecular flexibility index (Phi) is 3.41. The van der Waals surface area contributed by atoms with Crippen LogP contribution in [0, 0.1) is 5.92 Å². The maximum absolute atomic E-state index is 11.2. The Hall–Kier alpha value is -1.16. The molecule has 78 valence electrons. The number of hydrogen-bond donors (Lipinski definition) is 2. The Morgan fingerprint density at radius 1 is 1.57 bits per heavy atom. The zero-order chi connectivity index (χ0) is 10.7. The lowest BCUT2D eigenvalue weighted by molar-refractivity contribution is 0.500. The Balaban J connectivity index is 3.09. The van der Waals surface area contributed by atoms with Gasteiger partial charge in [0.15, 0.2) is 0 Å². The van der Waals surface area contributed by atoms with Crippen molar-refractivity contribution < 1.29 is 0 Å². The van der Waals surface area contributed by atoms with Gasteiger partial charge in [0.25, 0.3) is 0 Å². The van der Waals surface area contributed by atoms with Gasteiger partial charge in [0.1, 0.15) is 0 Å². The predicted molar refractivity (Wildman–Crippen MR) is 56.0 cm³/mol. The average Bonchev–Trinajstić information content (AvgIpc) is 2.15. The normalized spacial score (nSPS) is 13.2. The van der Waals surface area contributed by atoms with Crippen LogP contribution >= 0.6 is 0 Å². The van der Waals surface area contributed by atoms with E-state index in [1.165, 1.54) is 0 Å². The number of nitrogens with zero attached hydrogens (tertiary/aromatic N) is 1. The van der Waals surface area contributed by atoms with Gasteiger partial charge >= 0.3 is 5.69 Å². The quantitative estimate of drug-likeness (QED) is 0.755. The van der Waals surface area contributed by atoms with Gasteiger partial charge < -0.3 is 10.7 Å². The summed E-state index contributed by atoms with van der Waals surface area (Å²) < 4.78 is 0. The lowest BCUT2D eigenvalue weighted by Gasteiger charge is -2.14. The van der Waals surface area contributed by atoms with Gasteiger partial charge in [-0.25, -0.2) is 4.79 Å². The van der Waals surface area contributed by atoms with Gasteiger partial charge in [-0.15, -0.1) is 0 Å². The molecule has 0 aliphatic rings. The molecule has 1 aromatic rings. The second-order valence-electron chi connectivity index (χ2n) is 3.76. The fourth-order valence-corrected chi connectivity index (χ4v) is 1.23. The Morgan fingerprint density at radius 3 is 2.71 bits per heavy atom. The maximum atomic E-state index is 11.2. The lowest BCUT2D eigenvalue weighted by Crippen LogP contribution is -2.23. The average molecular weight is 195 g/mol. The molecule has 1 unspecified atom stereocenters. The topological polar surface area (TPSA) is 71.8 Å². The summed E-state index contributed by atoms with van der Waals surface area (Å²) in [6.45, 7) is 6.01. The standard InChI is InChI=1S/C10H17N3O/c1-4-7-5-8(9(11)6(2)3)13-10(14)12-7/h5-6,9H,4,11H2,1-3H3,(H,12,13,14).